The fraction of sp³-hybridized carbons (Fsp3) is 0.150. The quantitative estimate of drug-likeness (QED) is 0.643. The highest BCUT2D eigenvalue weighted by Crippen LogP contribution is 2.23. The summed E-state index contributed by atoms with van der Waals surface area (Å²) in [5.74, 6) is -0.0373. The maximum absolute atomic E-state index is 12.1. The molecule has 3 aromatic rings. The van der Waals surface area contributed by atoms with Gasteiger partial charge in [0.05, 0.1) is 18.7 Å². The highest BCUT2D eigenvalue weighted by molar-refractivity contribution is 7.13. The Morgan fingerprint density at radius 3 is 2.48 bits per heavy atom. The standard InChI is InChI=1S/C20H19N3O3S/c1-2-26-17-10-8-14(9-11-17)19(25)23-22-18(24)12-16-13-27-20(21-16)15-6-4-3-5-7-15/h3-11,13H,2,12H2,1H3,(H,22,24)(H,23,25). The number of ether oxygens (including phenoxy) is 1. The van der Waals surface area contributed by atoms with Gasteiger partial charge >= 0.3 is 0 Å². The molecule has 3 rings (SSSR count). The van der Waals surface area contributed by atoms with Crippen molar-refractivity contribution < 1.29 is 14.3 Å². The van der Waals surface area contributed by atoms with Crippen LogP contribution < -0.4 is 15.6 Å². The Bertz CT molecular complexity index is 908. The largest absolute Gasteiger partial charge is 0.494 e. The molecule has 0 saturated carbocycles. The molecule has 138 valence electrons. The average Bonchev–Trinajstić information content (AvgIpc) is 3.16. The molecule has 0 bridgehead atoms. The van der Waals surface area contributed by atoms with Crippen LogP contribution in [-0.2, 0) is 11.2 Å². The second kappa shape index (κ2) is 8.95. The number of nitrogens with one attached hydrogen (secondary N) is 2. The topological polar surface area (TPSA) is 80.3 Å². The minimum atomic E-state index is -0.394. The first-order valence-corrected chi connectivity index (χ1v) is 9.35. The fourth-order valence-corrected chi connectivity index (χ4v) is 3.20. The summed E-state index contributed by atoms with van der Waals surface area (Å²) in [7, 11) is 0. The second-order valence-corrected chi connectivity index (χ2v) is 6.50. The number of nitrogens with zero attached hydrogens (tertiary/aromatic N) is 1. The van der Waals surface area contributed by atoms with Gasteiger partial charge in [-0.2, -0.15) is 0 Å². The van der Waals surface area contributed by atoms with Gasteiger partial charge in [0.15, 0.2) is 0 Å². The van der Waals surface area contributed by atoms with Gasteiger partial charge in [0, 0.05) is 16.5 Å². The lowest BCUT2D eigenvalue weighted by Gasteiger charge is -2.07. The molecule has 0 fully saturated rings. The third-order valence-corrected chi connectivity index (χ3v) is 4.60. The van der Waals surface area contributed by atoms with E-state index in [9.17, 15) is 9.59 Å². The highest BCUT2D eigenvalue weighted by Gasteiger charge is 2.11. The molecule has 0 aliphatic carbocycles. The zero-order valence-electron chi connectivity index (χ0n) is 14.8. The van der Waals surface area contributed by atoms with Crippen LogP contribution in [0.15, 0.2) is 60.0 Å². The van der Waals surface area contributed by atoms with Crippen molar-refractivity contribution in [2.75, 3.05) is 6.61 Å². The number of aromatic nitrogens is 1. The minimum absolute atomic E-state index is 0.0902. The molecule has 1 aromatic heterocycles. The summed E-state index contributed by atoms with van der Waals surface area (Å²) in [5, 5.41) is 2.70. The molecule has 2 amide bonds. The molecule has 6 nitrogen and oxygen atoms in total. The normalized spacial score (nSPS) is 10.3. The Morgan fingerprint density at radius 1 is 1.04 bits per heavy atom. The predicted molar refractivity (Wildman–Crippen MR) is 104 cm³/mol. The third-order valence-electron chi connectivity index (χ3n) is 3.66. The Hall–Kier alpha value is -3.19. The van der Waals surface area contributed by atoms with Crippen LogP contribution in [0.3, 0.4) is 0 Å². The number of hydrogen-bond acceptors (Lipinski definition) is 5. The molecule has 0 aliphatic heterocycles. The van der Waals surface area contributed by atoms with E-state index in [0.717, 1.165) is 10.6 Å². The number of hydrazine groups is 1. The fourth-order valence-electron chi connectivity index (χ4n) is 2.38. The monoisotopic (exact) mass is 381 g/mol. The summed E-state index contributed by atoms with van der Waals surface area (Å²) in [6.07, 6.45) is 0.0902. The van der Waals surface area contributed by atoms with Crippen molar-refractivity contribution in [1.82, 2.24) is 15.8 Å². The molecular weight excluding hydrogens is 362 g/mol. The van der Waals surface area contributed by atoms with Crippen molar-refractivity contribution in [3.63, 3.8) is 0 Å². The van der Waals surface area contributed by atoms with Gasteiger partial charge in [-0.05, 0) is 31.2 Å². The molecule has 0 atom stereocenters. The van der Waals surface area contributed by atoms with Crippen molar-refractivity contribution in [3.05, 3.63) is 71.2 Å². The van der Waals surface area contributed by atoms with Crippen molar-refractivity contribution in [3.8, 4) is 16.3 Å². The molecule has 0 aliphatic rings. The van der Waals surface area contributed by atoms with Gasteiger partial charge in [-0.3, -0.25) is 20.4 Å². The highest BCUT2D eigenvalue weighted by atomic mass is 32.1. The summed E-state index contributed by atoms with van der Waals surface area (Å²) >= 11 is 1.48. The van der Waals surface area contributed by atoms with Gasteiger partial charge in [-0.15, -0.1) is 11.3 Å². The van der Waals surface area contributed by atoms with E-state index >= 15 is 0 Å². The summed E-state index contributed by atoms with van der Waals surface area (Å²) in [4.78, 5) is 28.6. The number of rotatable bonds is 6. The molecule has 0 radical (unpaired) electrons. The molecule has 0 unspecified atom stereocenters. The van der Waals surface area contributed by atoms with Crippen LogP contribution in [0, 0.1) is 0 Å². The maximum Gasteiger partial charge on any atom is 0.269 e. The van der Waals surface area contributed by atoms with Crippen LogP contribution >= 0.6 is 11.3 Å². The van der Waals surface area contributed by atoms with E-state index in [0.29, 0.717) is 23.6 Å². The van der Waals surface area contributed by atoms with Crippen molar-refractivity contribution in [2.24, 2.45) is 0 Å². The summed E-state index contributed by atoms with van der Waals surface area (Å²) in [6.45, 7) is 2.45. The number of thiazole rings is 1. The molecule has 7 heteroatoms. The van der Waals surface area contributed by atoms with Crippen LogP contribution in [0.1, 0.15) is 23.0 Å². The Morgan fingerprint density at radius 2 is 1.78 bits per heavy atom. The first kappa shape index (κ1) is 18.6. The molecule has 0 spiro atoms. The first-order chi connectivity index (χ1) is 13.2. The number of benzene rings is 2. The lowest BCUT2D eigenvalue weighted by molar-refractivity contribution is -0.121. The average molecular weight is 381 g/mol. The van der Waals surface area contributed by atoms with Gasteiger partial charge in [-0.25, -0.2) is 4.98 Å². The van der Waals surface area contributed by atoms with E-state index in [1.54, 1.807) is 24.3 Å². The van der Waals surface area contributed by atoms with E-state index < -0.39 is 5.91 Å². The zero-order valence-corrected chi connectivity index (χ0v) is 15.6. The molecule has 0 saturated heterocycles. The van der Waals surface area contributed by atoms with E-state index in [4.69, 9.17) is 4.74 Å². The molecule has 27 heavy (non-hydrogen) atoms. The molecular formula is C20H19N3O3S. The SMILES string of the molecule is CCOc1ccc(C(=O)NNC(=O)Cc2csc(-c3ccccc3)n2)cc1. The van der Waals surface area contributed by atoms with E-state index in [1.807, 2.05) is 42.6 Å². The summed E-state index contributed by atoms with van der Waals surface area (Å²) < 4.78 is 5.33. The number of carbonyl (C=O) groups excluding carboxylic acids is 2. The van der Waals surface area contributed by atoms with Crippen LogP contribution in [0.5, 0.6) is 5.75 Å². The van der Waals surface area contributed by atoms with E-state index in [2.05, 4.69) is 15.8 Å². The van der Waals surface area contributed by atoms with Gasteiger partial charge in [0.1, 0.15) is 10.8 Å². The van der Waals surface area contributed by atoms with Crippen LogP contribution in [0.4, 0.5) is 0 Å². The summed E-state index contributed by atoms with van der Waals surface area (Å²) in [6, 6.07) is 16.5. The molecule has 2 N–H and O–H groups in total. The van der Waals surface area contributed by atoms with Gasteiger partial charge < -0.3 is 4.74 Å². The van der Waals surface area contributed by atoms with Crippen molar-refractivity contribution in [2.45, 2.75) is 13.3 Å². The number of hydrogen-bond donors (Lipinski definition) is 2. The Kier molecular flexibility index (Phi) is 6.17. The lowest BCUT2D eigenvalue weighted by Crippen LogP contribution is -2.42. The molecule has 2 aromatic carbocycles. The number of amides is 2. The number of carbonyl (C=O) groups is 2. The van der Waals surface area contributed by atoms with Gasteiger partial charge in [0.25, 0.3) is 5.91 Å². The zero-order chi connectivity index (χ0) is 19.1. The van der Waals surface area contributed by atoms with Gasteiger partial charge in [0.2, 0.25) is 5.91 Å². The van der Waals surface area contributed by atoms with E-state index in [1.165, 1.54) is 11.3 Å². The van der Waals surface area contributed by atoms with Crippen LogP contribution in [0.2, 0.25) is 0 Å². The summed E-state index contributed by atoms with van der Waals surface area (Å²) in [5.41, 5.74) is 6.92. The van der Waals surface area contributed by atoms with Gasteiger partial charge in [-0.1, -0.05) is 30.3 Å². The minimum Gasteiger partial charge on any atom is -0.494 e. The third kappa shape index (κ3) is 5.15. The van der Waals surface area contributed by atoms with Crippen molar-refractivity contribution in [1.29, 1.82) is 0 Å². The smallest absolute Gasteiger partial charge is 0.269 e. The van der Waals surface area contributed by atoms with Crippen LogP contribution in [0.25, 0.3) is 10.6 Å². The Labute approximate surface area is 161 Å². The predicted octanol–water partition coefficient (Wildman–Crippen LogP) is 3.21. The second-order valence-electron chi connectivity index (χ2n) is 5.65. The van der Waals surface area contributed by atoms with Crippen molar-refractivity contribution >= 4 is 23.2 Å². The first-order valence-electron chi connectivity index (χ1n) is 8.47. The van der Waals surface area contributed by atoms with Crippen LogP contribution in [-0.4, -0.2) is 23.4 Å². The maximum atomic E-state index is 12.1. The van der Waals surface area contributed by atoms with E-state index in [-0.39, 0.29) is 12.3 Å². The molecule has 1 heterocycles. The Balaban J connectivity index is 1.51. The lowest BCUT2D eigenvalue weighted by atomic mass is 10.2.